The zero-order valence-corrected chi connectivity index (χ0v) is 29.3. The average Bonchev–Trinajstić information content (AvgIpc) is 3.24. The summed E-state index contributed by atoms with van der Waals surface area (Å²) in [5.41, 5.74) is 6.21. The summed E-state index contributed by atoms with van der Waals surface area (Å²) in [4.78, 5) is 0. The van der Waals surface area contributed by atoms with Crippen molar-refractivity contribution >= 4 is 53.9 Å². The second-order valence-corrected chi connectivity index (χ2v) is 14.0. The fraction of sp³-hybridized carbons (Fsp3) is 0. The Hall–Kier alpha value is -7.50. The molecule has 0 aliphatic heterocycles. The Morgan fingerprint density at radius 2 is 0.782 bits per heavy atom. The van der Waals surface area contributed by atoms with Crippen molar-refractivity contribution < 1.29 is 25.5 Å². The van der Waals surface area contributed by atoms with Gasteiger partial charge in [0.2, 0.25) is 17.2 Å². The summed E-state index contributed by atoms with van der Waals surface area (Å²) in [6, 6.07) is 56.1. The molecule has 10 aromatic rings. The topological polar surface area (TPSA) is 101 Å². The maximum absolute atomic E-state index is 11.3. The Bertz CT molecular complexity index is 3160. The Morgan fingerprint density at radius 1 is 0.236 bits per heavy atom. The van der Waals surface area contributed by atoms with Crippen LogP contribution in [0, 0.1) is 0 Å². The number of hydrogen-bond acceptors (Lipinski definition) is 5. The molecule has 0 unspecified atom stereocenters. The molecule has 0 aliphatic carbocycles. The summed E-state index contributed by atoms with van der Waals surface area (Å²) in [5.74, 6) is -4.32. The molecule has 10 rings (SSSR count). The molecule has 0 radical (unpaired) electrons. The zero-order valence-electron chi connectivity index (χ0n) is 29.3. The zero-order chi connectivity index (χ0) is 37.4. The Morgan fingerprint density at radius 3 is 1.51 bits per heavy atom. The second-order valence-electron chi connectivity index (χ2n) is 14.0. The van der Waals surface area contributed by atoms with Crippen LogP contribution in [0.15, 0.2) is 164 Å². The summed E-state index contributed by atoms with van der Waals surface area (Å²) in [6.45, 7) is 0. The SMILES string of the molecule is Oc1c(O)c(O)c(-c2c3ccccc3c(-c3ccc(-c4cccc5c4ccc4cc6ccccc6cc45)cc3)c3ccc(-c4ccccc4)cc23)c(O)c1O. The van der Waals surface area contributed by atoms with Crippen molar-refractivity contribution in [2.45, 2.75) is 0 Å². The van der Waals surface area contributed by atoms with Gasteiger partial charge in [-0.2, -0.15) is 0 Å². The van der Waals surface area contributed by atoms with E-state index in [0.29, 0.717) is 16.3 Å². The van der Waals surface area contributed by atoms with E-state index in [9.17, 15) is 25.5 Å². The van der Waals surface area contributed by atoms with Crippen LogP contribution in [0.3, 0.4) is 0 Å². The van der Waals surface area contributed by atoms with Crippen LogP contribution in [0.1, 0.15) is 0 Å². The lowest BCUT2D eigenvalue weighted by Gasteiger charge is -2.21. The third kappa shape index (κ3) is 4.94. The predicted octanol–water partition coefficient (Wildman–Crippen LogP) is 12.6. The molecule has 0 spiro atoms. The van der Waals surface area contributed by atoms with Crippen LogP contribution in [-0.2, 0) is 0 Å². The summed E-state index contributed by atoms with van der Waals surface area (Å²) >= 11 is 0. The van der Waals surface area contributed by atoms with E-state index in [1.807, 2.05) is 72.8 Å². The van der Waals surface area contributed by atoms with E-state index >= 15 is 0 Å². The third-order valence-electron chi connectivity index (χ3n) is 11.0. The van der Waals surface area contributed by atoms with Gasteiger partial charge in [0.1, 0.15) is 0 Å². The molecule has 55 heavy (non-hydrogen) atoms. The second kappa shape index (κ2) is 12.3. The lowest BCUT2D eigenvalue weighted by molar-refractivity contribution is 0.330. The van der Waals surface area contributed by atoms with Gasteiger partial charge in [-0.05, 0) is 105 Å². The van der Waals surface area contributed by atoms with Gasteiger partial charge in [-0.25, -0.2) is 0 Å². The van der Waals surface area contributed by atoms with Gasteiger partial charge < -0.3 is 25.5 Å². The van der Waals surface area contributed by atoms with Gasteiger partial charge in [-0.15, -0.1) is 0 Å². The number of phenols is 5. The maximum Gasteiger partial charge on any atom is 0.208 e. The quantitative estimate of drug-likeness (QED) is 0.0541. The highest BCUT2D eigenvalue weighted by Crippen LogP contribution is 2.58. The molecule has 0 aliphatic rings. The van der Waals surface area contributed by atoms with E-state index in [4.69, 9.17) is 0 Å². The molecule has 0 amide bonds. The lowest BCUT2D eigenvalue weighted by Crippen LogP contribution is -1.93. The monoisotopic (exact) mass is 712 g/mol. The van der Waals surface area contributed by atoms with Gasteiger partial charge in [0.25, 0.3) is 0 Å². The fourth-order valence-corrected chi connectivity index (χ4v) is 8.34. The van der Waals surface area contributed by atoms with E-state index in [2.05, 4.69) is 91.0 Å². The van der Waals surface area contributed by atoms with Crippen molar-refractivity contribution in [3.05, 3.63) is 164 Å². The maximum atomic E-state index is 11.3. The highest BCUT2D eigenvalue weighted by Gasteiger charge is 2.28. The van der Waals surface area contributed by atoms with Crippen LogP contribution in [0.2, 0.25) is 0 Å². The summed E-state index contributed by atoms with van der Waals surface area (Å²) < 4.78 is 0. The van der Waals surface area contributed by atoms with E-state index in [1.165, 1.54) is 32.3 Å². The standard InChI is InChI=1S/C50H32O5/c51-46-45(47(52)49(54)50(55)48(46)53)44-39-14-7-6-13-38(39)43(40-24-21-33(27-42(40)44)28-9-2-1-3-10-28)30-19-17-29(18-20-30)35-15-8-16-36-37(35)23-22-34-25-31-11-4-5-12-32(31)26-41(34)36/h1-27,51-55H. The van der Waals surface area contributed by atoms with Crippen molar-refractivity contribution in [1.29, 1.82) is 0 Å². The number of rotatable bonds is 4. The van der Waals surface area contributed by atoms with Gasteiger partial charge in [0.05, 0.1) is 5.56 Å². The molecule has 5 nitrogen and oxygen atoms in total. The van der Waals surface area contributed by atoms with Gasteiger partial charge in [-0.1, -0.05) is 146 Å². The number of benzene rings is 10. The number of hydrogen-bond donors (Lipinski definition) is 5. The highest BCUT2D eigenvalue weighted by molar-refractivity contribution is 6.23. The van der Waals surface area contributed by atoms with E-state index in [1.54, 1.807) is 0 Å². The van der Waals surface area contributed by atoms with Crippen LogP contribution in [0.4, 0.5) is 0 Å². The third-order valence-corrected chi connectivity index (χ3v) is 11.0. The first-order valence-corrected chi connectivity index (χ1v) is 18.1. The molecule has 0 bridgehead atoms. The summed E-state index contributed by atoms with van der Waals surface area (Å²) in [7, 11) is 0. The van der Waals surface area contributed by atoms with Gasteiger partial charge in [0, 0.05) is 5.56 Å². The van der Waals surface area contributed by atoms with Crippen molar-refractivity contribution in [3.63, 3.8) is 0 Å². The van der Waals surface area contributed by atoms with E-state index in [0.717, 1.165) is 44.2 Å². The highest BCUT2D eigenvalue weighted by atomic mass is 16.4. The predicted molar refractivity (Wildman–Crippen MR) is 224 cm³/mol. The molecular formula is C50H32O5. The van der Waals surface area contributed by atoms with Gasteiger partial charge in [0.15, 0.2) is 11.5 Å². The van der Waals surface area contributed by atoms with Crippen LogP contribution in [0.25, 0.3) is 98.4 Å². The summed E-state index contributed by atoms with van der Waals surface area (Å²) in [5, 5.41) is 64.4. The number of phenolic OH excluding ortho intramolecular Hbond substituents is 5. The molecule has 0 fully saturated rings. The van der Waals surface area contributed by atoms with Crippen molar-refractivity contribution in [2.24, 2.45) is 0 Å². The molecule has 0 saturated carbocycles. The fourth-order valence-electron chi connectivity index (χ4n) is 8.34. The smallest absolute Gasteiger partial charge is 0.208 e. The van der Waals surface area contributed by atoms with E-state index < -0.39 is 28.7 Å². The van der Waals surface area contributed by atoms with Crippen LogP contribution in [-0.4, -0.2) is 25.5 Å². The Balaban J connectivity index is 1.20. The molecule has 5 heteroatoms. The normalized spacial score (nSPS) is 11.6. The van der Waals surface area contributed by atoms with Gasteiger partial charge >= 0.3 is 0 Å². The molecule has 262 valence electrons. The molecule has 0 atom stereocenters. The Kier molecular flexibility index (Phi) is 7.19. The molecule has 0 aromatic heterocycles. The molecular weight excluding hydrogens is 681 g/mol. The minimum atomic E-state index is -0.998. The van der Waals surface area contributed by atoms with E-state index in [-0.39, 0.29) is 5.56 Å². The summed E-state index contributed by atoms with van der Waals surface area (Å²) in [6.07, 6.45) is 0. The largest absolute Gasteiger partial charge is 0.504 e. The first-order valence-electron chi connectivity index (χ1n) is 18.1. The molecule has 0 heterocycles. The first-order chi connectivity index (χ1) is 26.9. The minimum Gasteiger partial charge on any atom is -0.504 e. The lowest BCUT2D eigenvalue weighted by atomic mass is 9.84. The van der Waals surface area contributed by atoms with Crippen LogP contribution >= 0.6 is 0 Å². The Labute approximate surface area is 315 Å². The van der Waals surface area contributed by atoms with Crippen LogP contribution < -0.4 is 0 Å². The van der Waals surface area contributed by atoms with Crippen molar-refractivity contribution in [1.82, 2.24) is 0 Å². The minimum absolute atomic E-state index is 0.183. The van der Waals surface area contributed by atoms with Crippen LogP contribution in [0.5, 0.6) is 28.7 Å². The molecule has 0 saturated heterocycles. The molecule has 10 aromatic carbocycles. The van der Waals surface area contributed by atoms with Crippen molar-refractivity contribution in [2.75, 3.05) is 0 Å². The number of aromatic hydroxyl groups is 5. The molecule has 5 N–H and O–H groups in total. The first kappa shape index (κ1) is 32.2. The average molecular weight is 713 g/mol. The van der Waals surface area contributed by atoms with Crippen molar-refractivity contribution in [3.8, 4) is 73.3 Å². The van der Waals surface area contributed by atoms with Gasteiger partial charge in [-0.3, -0.25) is 0 Å². The number of fused-ring (bicyclic) bond motifs is 6.